The Morgan fingerprint density at radius 1 is 1.42 bits per heavy atom. The molecule has 19 heavy (non-hydrogen) atoms. The third kappa shape index (κ3) is 3.21. The Morgan fingerprint density at radius 3 is 2.74 bits per heavy atom. The minimum absolute atomic E-state index is 0.155. The second-order valence-corrected chi connectivity index (χ2v) is 5.28. The maximum absolute atomic E-state index is 12.1. The molecule has 1 saturated carbocycles. The van der Waals surface area contributed by atoms with Crippen molar-refractivity contribution in [2.45, 2.75) is 44.8 Å². The molecule has 0 amide bonds. The van der Waals surface area contributed by atoms with Gasteiger partial charge in [-0.3, -0.25) is 4.79 Å². The topological polar surface area (TPSA) is 50.1 Å². The molecule has 0 spiro atoms. The molecule has 1 aliphatic rings. The first kappa shape index (κ1) is 13.8. The van der Waals surface area contributed by atoms with E-state index in [1.165, 1.54) is 0 Å². The van der Waals surface area contributed by atoms with Gasteiger partial charge in [0.05, 0.1) is 12.7 Å². The predicted octanol–water partition coefficient (Wildman–Crippen LogP) is 3.24. The Bertz CT molecular complexity index is 477. The molecule has 1 aromatic rings. The molecule has 1 fully saturated rings. The number of nitriles is 1. The lowest BCUT2D eigenvalue weighted by Gasteiger charge is -2.29. The molecule has 100 valence electrons. The summed E-state index contributed by atoms with van der Waals surface area (Å²) in [6, 6.07) is 12.0. The van der Waals surface area contributed by atoms with Crippen LogP contribution in [0.3, 0.4) is 0 Å². The minimum atomic E-state index is -0.731. The number of ketones is 1. The van der Waals surface area contributed by atoms with Crippen molar-refractivity contribution in [2.24, 2.45) is 5.92 Å². The molecule has 0 heterocycles. The molecular weight excluding hydrogens is 238 g/mol. The zero-order chi connectivity index (χ0) is 13.7. The highest BCUT2D eigenvalue weighted by Gasteiger charge is 2.43. The van der Waals surface area contributed by atoms with Crippen LogP contribution < -0.4 is 0 Å². The molecule has 0 bridgehead atoms. The molecule has 2 rings (SSSR count). The number of Topliss-reactive ketones (excluding diaryl/α,β-unsaturated/α-hetero) is 1. The molecule has 1 unspecified atom stereocenters. The van der Waals surface area contributed by atoms with Crippen molar-refractivity contribution in [3.05, 3.63) is 35.9 Å². The van der Waals surface area contributed by atoms with Crippen LogP contribution in [0.2, 0.25) is 0 Å². The fraction of sp³-hybridized carbons (Fsp3) is 0.500. The number of carbonyl (C=O) groups excluding carboxylic acids is 1. The molecule has 3 nitrogen and oxygen atoms in total. The van der Waals surface area contributed by atoms with Crippen molar-refractivity contribution < 1.29 is 9.53 Å². The summed E-state index contributed by atoms with van der Waals surface area (Å²) in [4.78, 5) is 12.1. The van der Waals surface area contributed by atoms with Crippen LogP contribution in [0.1, 0.15) is 38.2 Å². The molecule has 2 atom stereocenters. The van der Waals surface area contributed by atoms with Crippen LogP contribution in [0, 0.1) is 17.2 Å². The molecule has 0 N–H and O–H groups in total. The summed E-state index contributed by atoms with van der Waals surface area (Å²) in [5, 5.41) is 8.96. The summed E-state index contributed by atoms with van der Waals surface area (Å²) in [5.41, 5.74) is 0.330. The number of benzene rings is 1. The Morgan fingerprint density at radius 2 is 2.16 bits per heavy atom. The van der Waals surface area contributed by atoms with Gasteiger partial charge in [0.2, 0.25) is 0 Å². The van der Waals surface area contributed by atoms with Crippen molar-refractivity contribution in [1.29, 1.82) is 5.26 Å². The van der Waals surface area contributed by atoms with E-state index >= 15 is 0 Å². The van der Waals surface area contributed by atoms with Crippen LogP contribution >= 0.6 is 0 Å². The summed E-state index contributed by atoms with van der Waals surface area (Å²) in [6.45, 7) is 2.28. The van der Waals surface area contributed by atoms with Crippen molar-refractivity contribution in [3.8, 4) is 6.07 Å². The summed E-state index contributed by atoms with van der Waals surface area (Å²) >= 11 is 0. The van der Waals surface area contributed by atoms with Gasteiger partial charge >= 0.3 is 0 Å². The quantitative estimate of drug-likeness (QED) is 0.813. The highest BCUT2D eigenvalue weighted by atomic mass is 16.5. The van der Waals surface area contributed by atoms with Crippen LogP contribution in [0.4, 0.5) is 0 Å². The van der Waals surface area contributed by atoms with Gasteiger partial charge in [0, 0.05) is 12.3 Å². The second kappa shape index (κ2) is 5.99. The first-order valence-corrected chi connectivity index (χ1v) is 6.77. The number of ether oxygens (including phenoxy) is 1. The van der Waals surface area contributed by atoms with E-state index in [0.717, 1.165) is 18.4 Å². The number of hydrogen-bond donors (Lipinski definition) is 0. The fourth-order valence-corrected chi connectivity index (χ4v) is 2.67. The zero-order valence-electron chi connectivity index (χ0n) is 11.3. The van der Waals surface area contributed by atoms with E-state index in [2.05, 4.69) is 6.07 Å². The minimum Gasteiger partial charge on any atom is -0.362 e. The first-order chi connectivity index (χ1) is 9.16. The van der Waals surface area contributed by atoms with Crippen LogP contribution in [-0.4, -0.2) is 11.4 Å². The van der Waals surface area contributed by atoms with Gasteiger partial charge in [-0.2, -0.15) is 5.26 Å². The largest absolute Gasteiger partial charge is 0.362 e. The average Bonchev–Trinajstić information content (AvgIpc) is 2.79. The van der Waals surface area contributed by atoms with Gasteiger partial charge in [0.15, 0.2) is 5.78 Å². The Labute approximate surface area is 114 Å². The smallest absolute Gasteiger partial charge is 0.164 e. The van der Waals surface area contributed by atoms with Gasteiger partial charge in [0.1, 0.15) is 5.60 Å². The molecule has 1 aromatic carbocycles. The van der Waals surface area contributed by atoms with Gasteiger partial charge in [-0.15, -0.1) is 0 Å². The van der Waals surface area contributed by atoms with Crippen molar-refractivity contribution in [2.75, 3.05) is 0 Å². The van der Waals surface area contributed by atoms with E-state index in [1.807, 2.05) is 37.3 Å². The standard InChI is InChI=1S/C16H19NO2/c1-13(11-17)10-16(9-5-8-15(16)18)19-12-14-6-3-2-4-7-14/h2-4,6-7,13H,5,8-10,12H2,1H3/t13?,16-/m1/s1. The highest BCUT2D eigenvalue weighted by Crippen LogP contribution is 2.36. The fourth-order valence-electron chi connectivity index (χ4n) is 2.67. The summed E-state index contributed by atoms with van der Waals surface area (Å²) in [7, 11) is 0. The Hall–Kier alpha value is -1.66. The molecule has 1 aliphatic carbocycles. The van der Waals surface area contributed by atoms with Gasteiger partial charge in [-0.25, -0.2) is 0 Å². The van der Waals surface area contributed by atoms with E-state index in [1.54, 1.807) is 0 Å². The monoisotopic (exact) mass is 257 g/mol. The van der Waals surface area contributed by atoms with Gasteiger partial charge in [-0.1, -0.05) is 30.3 Å². The lowest BCUT2D eigenvalue weighted by molar-refractivity contribution is -0.144. The third-order valence-electron chi connectivity index (χ3n) is 3.71. The number of carbonyl (C=O) groups is 1. The van der Waals surface area contributed by atoms with Gasteiger partial charge in [0.25, 0.3) is 0 Å². The number of nitrogens with zero attached hydrogens (tertiary/aromatic N) is 1. The van der Waals surface area contributed by atoms with Crippen LogP contribution in [-0.2, 0) is 16.1 Å². The summed E-state index contributed by atoms with van der Waals surface area (Å²) in [5.74, 6) is 0.00311. The van der Waals surface area contributed by atoms with Crippen molar-refractivity contribution in [3.63, 3.8) is 0 Å². The lowest BCUT2D eigenvalue weighted by Crippen LogP contribution is -2.38. The maximum atomic E-state index is 12.1. The number of hydrogen-bond acceptors (Lipinski definition) is 3. The molecule has 3 heteroatoms. The second-order valence-electron chi connectivity index (χ2n) is 5.28. The van der Waals surface area contributed by atoms with E-state index < -0.39 is 5.60 Å². The summed E-state index contributed by atoms with van der Waals surface area (Å²) < 4.78 is 5.96. The predicted molar refractivity (Wildman–Crippen MR) is 72.2 cm³/mol. The van der Waals surface area contributed by atoms with Crippen molar-refractivity contribution >= 4 is 5.78 Å². The lowest BCUT2D eigenvalue weighted by atomic mass is 9.89. The van der Waals surface area contributed by atoms with Crippen LogP contribution in [0.5, 0.6) is 0 Å². The van der Waals surface area contributed by atoms with E-state index in [4.69, 9.17) is 10.00 Å². The average molecular weight is 257 g/mol. The Balaban J connectivity index is 2.07. The van der Waals surface area contributed by atoms with Crippen LogP contribution in [0.15, 0.2) is 30.3 Å². The maximum Gasteiger partial charge on any atom is 0.164 e. The molecular formula is C16H19NO2. The normalized spacial score (nSPS) is 24.1. The summed E-state index contributed by atoms with van der Waals surface area (Å²) in [6.07, 6.45) is 2.69. The van der Waals surface area contributed by atoms with Gasteiger partial charge in [-0.05, 0) is 31.7 Å². The van der Waals surface area contributed by atoms with E-state index in [-0.39, 0.29) is 11.7 Å². The van der Waals surface area contributed by atoms with Gasteiger partial charge < -0.3 is 4.74 Å². The van der Waals surface area contributed by atoms with E-state index in [0.29, 0.717) is 19.4 Å². The number of rotatable bonds is 5. The van der Waals surface area contributed by atoms with Crippen LogP contribution in [0.25, 0.3) is 0 Å². The first-order valence-electron chi connectivity index (χ1n) is 6.77. The molecule has 0 radical (unpaired) electrons. The van der Waals surface area contributed by atoms with E-state index in [9.17, 15) is 4.79 Å². The molecule has 0 saturated heterocycles. The van der Waals surface area contributed by atoms with Crippen molar-refractivity contribution in [1.82, 2.24) is 0 Å². The third-order valence-corrected chi connectivity index (χ3v) is 3.71. The highest BCUT2D eigenvalue weighted by molar-refractivity contribution is 5.89. The molecule has 0 aliphatic heterocycles. The zero-order valence-corrected chi connectivity index (χ0v) is 11.3. The Kier molecular flexibility index (Phi) is 4.34. The SMILES string of the molecule is CC(C#N)C[C@]1(OCc2ccccc2)CCCC1=O. The molecule has 0 aromatic heterocycles.